The number of hydrogen-bond acceptors (Lipinski definition) is 3. The highest BCUT2D eigenvalue weighted by atomic mass is 16.3. The summed E-state index contributed by atoms with van der Waals surface area (Å²) in [4.78, 5) is 0. The van der Waals surface area contributed by atoms with Crippen molar-refractivity contribution in [1.82, 2.24) is 15.1 Å². The standard InChI is InChI=1S/C12H23N3O/c1-5-10(2)12(3,16)9-13-6-11-7-14-15(4)8-11/h7-8,10,13,16H,5-6,9H2,1-4H3. The van der Waals surface area contributed by atoms with Crippen molar-refractivity contribution in [2.75, 3.05) is 6.54 Å². The van der Waals surface area contributed by atoms with Crippen LogP contribution in [0.3, 0.4) is 0 Å². The van der Waals surface area contributed by atoms with Crippen molar-refractivity contribution in [3.05, 3.63) is 18.0 Å². The predicted molar refractivity (Wildman–Crippen MR) is 65.0 cm³/mol. The maximum Gasteiger partial charge on any atom is 0.0768 e. The van der Waals surface area contributed by atoms with Crippen molar-refractivity contribution < 1.29 is 5.11 Å². The summed E-state index contributed by atoms with van der Waals surface area (Å²) < 4.78 is 1.78. The van der Waals surface area contributed by atoms with Crippen LogP contribution >= 0.6 is 0 Å². The van der Waals surface area contributed by atoms with Crippen LogP contribution < -0.4 is 5.32 Å². The van der Waals surface area contributed by atoms with E-state index in [0.717, 1.165) is 18.5 Å². The molecule has 0 spiro atoms. The van der Waals surface area contributed by atoms with Crippen LogP contribution in [0, 0.1) is 5.92 Å². The van der Waals surface area contributed by atoms with Crippen molar-refractivity contribution in [2.24, 2.45) is 13.0 Å². The second kappa shape index (κ2) is 5.46. The first-order chi connectivity index (χ1) is 7.45. The van der Waals surface area contributed by atoms with Crippen LogP contribution in [0.25, 0.3) is 0 Å². The largest absolute Gasteiger partial charge is 0.389 e. The fraction of sp³-hybridized carbons (Fsp3) is 0.750. The minimum atomic E-state index is -0.642. The molecule has 4 heteroatoms. The molecule has 2 unspecified atom stereocenters. The van der Waals surface area contributed by atoms with E-state index in [1.54, 1.807) is 4.68 Å². The van der Waals surface area contributed by atoms with E-state index < -0.39 is 5.60 Å². The van der Waals surface area contributed by atoms with Crippen LogP contribution in [0.1, 0.15) is 32.8 Å². The normalized spacial score (nSPS) is 17.1. The molecule has 16 heavy (non-hydrogen) atoms. The van der Waals surface area contributed by atoms with Gasteiger partial charge in [-0.3, -0.25) is 4.68 Å². The Hall–Kier alpha value is -0.870. The van der Waals surface area contributed by atoms with E-state index in [-0.39, 0.29) is 0 Å². The quantitative estimate of drug-likeness (QED) is 0.767. The lowest BCUT2D eigenvalue weighted by atomic mass is 9.88. The lowest BCUT2D eigenvalue weighted by Gasteiger charge is -2.29. The first-order valence-electron chi connectivity index (χ1n) is 5.86. The molecule has 1 aromatic rings. The van der Waals surface area contributed by atoms with Gasteiger partial charge in [-0.05, 0) is 12.8 Å². The Kier molecular flexibility index (Phi) is 4.50. The molecule has 1 rings (SSSR count). The van der Waals surface area contributed by atoms with Crippen LogP contribution in [0.5, 0.6) is 0 Å². The van der Waals surface area contributed by atoms with E-state index in [4.69, 9.17) is 0 Å². The molecule has 0 aliphatic rings. The van der Waals surface area contributed by atoms with Gasteiger partial charge in [0.25, 0.3) is 0 Å². The highest BCUT2D eigenvalue weighted by molar-refractivity contribution is 5.03. The third kappa shape index (κ3) is 3.61. The summed E-state index contributed by atoms with van der Waals surface area (Å²) in [6.07, 6.45) is 4.80. The zero-order chi connectivity index (χ0) is 12.2. The van der Waals surface area contributed by atoms with Crippen LogP contribution in [0.15, 0.2) is 12.4 Å². The minimum Gasteiger partial charge on any atom is -0.389 e. The van der Waals surface area contributed by atoms with Crippen LogP contribution in [-0.4, -0.2) is 27.0 Å². The molecular weight excluding hydrogens is 202 g/mol. The van der Waals surface area contributed by atoms with Gasteiger partial charge < -0.3 is 10.4 Å². The number of aryl methyl sites for hydroxylation is 1. The van der Waals surface area contributed by atoms with Crippen molar-refractivity contribution in [3.63, 3.8) is 0 Å². The first kappa shape index (κ1) is 13.2. The van der Waals surface area contributed by atoms with E-state index >= 15 is 0 Å². The Bertz CT molecular complexity index is 320. The molecule has 0 radical (unpaired) electrons. The van der Waals surface area contributed by atoms with Crippen molar-refractivity contribution in [1.29, 1.82) is 0 Å². The molecular formula is C12H23N3O. The average Bonchev–Trinajstić information content (AvgIpc) is 2.62. The lowest BCUT2D eigenvalue weighted by Crippen LogP contribution is -2.42. The van der Waals surface area contributed by atoms with Gasteiger partial charge in [0.1, 0.15) is 0 Å². The zero-order valence-corrected chi connectivity index (χ0v) is 10.7. The van der Waals surface area contributed by atoms with Gasteiger partial charge in [0.2, 0.25) is 0 Å². The second-order valence-corrected chi connectivity index (χ2v) is 4.79. The van der Waals surface area contributed by atoms with Crippen LogP contribution in [0.4, 0.5) is 0 Å². The Morgan fingerprint density at radius 3 is 2.81 bits per heavy atom. The molecule has 1 aromatic heterocycles. The fourth-order valence-corrected chi connectivity index (χ4v) is 1.64. The third-order valence-electron chi connectivity index (χ3n) is 3.24. The van der Waals surface area contributed by atoms with Gasteiger partial charge >= 0.3 is 0 Å². The summed E-state index contributed by atoms with van der Waals surface area (Å²) in [5.74, 6) is 0.300. The predicted octanol–water partition coefficient (Wildman–Crippen LogP) is 1.31. The Labute approximate surface area is 97.7 Å². The molecule has 0 saturated heterocycles. The number of rotatable bonds is 6. The summed E-state index contributed by atoms with van der Waals surface area (Å²) in [6, 6.07) is 0. The van der Waals surface area contributed by atoms with E-state index in [1.165, 1.54) is 0 Å². The molecule has 0 bridgehead atoms. The maximum absolute atomic E-state index is 10.2. The minimum absolute atomic E-state index is 0.300. The van der Waals surface area contributed by atoms with E-state index in [0.29, 0.717) is 12.5 Å². The fourth-order valence-electron chi connectivity index (χ4n) is 1.64. The van der Waals surface area contributed by atoms with Gasteiger partial charge in [0.15, 0.2) is 0 Å². The Morgan fingerprint density at radius 1 is 1.62 bits per heavy atom. The topological polar surface area (TPSA) is 50.1 Å². The van der Waals surface area contributed by atoms with Gasteiger partial charge in [0, 0.05) is 31.9 Å². The molecule has 4 nitrogen and oxygen atoms in total. The number of nitrogens with zero attached hydrogens (tertiary/aromatic N) is 2. The van der Waals surface area contributed by atoms with E-state index in [2.05, 4.69) is 24.3 Å². The SMILES string of the molecule is CCC(C)C(C)(O)CNCc1cnn(C)c1. The molecule has 0 saturated carbocycles. The lowest BCUT2D eigenvalue weighted by molar-refractivity contribution is 0.00535. The summed E-state index contributed by atoms with van der Waals surface area (Å²) >= 11 is 0. The average molecular weight is 225 g/mol. The summed E-state index contributed by atoms with van der Waals surface area (Å²) in [5, 5.41) is 17.5. The number of hydrogen-bond donors (Lipinski definition) is 2. The molecule has 0 aliphatic carbocycles. The molecule has 2 atom stereocenters. The Balaban J connectivity index is 2.35. The summed E-state index contributed by atoms with van der Waals surface area (Å²) in [6.45, 7) is 7.42. The molecule has 0 aromatic carbocycles. The summed E-state index contributed by atoms with van der Waals surface area (Å²) in [7, 11) is 1.90. The number of aliphatic hydroxyl groups is 1. The number of nitrogens with one attached hydrogen (secondary N) is 1. The van der Waals surface area contributed by atoms with Gasteiger partial charge in [-0.1, -0.05) is 20.3 Å². The maximum atomic E-state index is 10.2. The number of aromatic nitrogens is 2. The molecule has 0 fully saturated rings. The third-order valence-corrected chi connectivity index (χ3v) is 3.24. The molecule has 1 heterocycles. The summed E-state index contributed by atoms with van der Waals surface area (Å²) in [5.41, 5.74) is 0.499. The Morgan fingerprint density at radius 2 is 2.31 bits per heavy atom. The molecule has 92 valence electrons. The van der Waals surface area contributed by atoms with Crippen molar-refractivity contribution in [3.8, 4) is 0 Å². The molecule has 2 N–H and O–H groups in total. The first-order valence-corrected chi connectivity index (χ1v) is 5.86. The van der Waals surface area contributed by atoms with Crippen molar-refractivity contribution >= 4 is 0 Å². The van der Waals surface area contributed by atoms with Gasteiger partial charge in [-0.2, -0.15) is 5.10 Å². The van der Waals surface area contributed by atoms with Crippen LogP contribution in [-0.2, 0) is 13.6 Å². The van der Waals surface area contributed by atoms with Gasteiger partial charge in [0.05, 0.1) is 11.8 Å². The molecule has 0 aliphatic heterocycles. The highest BCUT2D eigenvalue weighted by Gasteiger charge is 2.26. The second-order valence-electron chi connectivity index (χ2n) is 4.79. The van der Waals surface area contributed by atoms with E-state index in [9.17, 15) is 5.11 Å². The van der Waals surface area contributed by atoms with Gasteiger partial charge in [-0.25, -0.2) is 0 Å². The van der Waals surface area contributed by atoms with Crippen LogP contribution in [0.2, 0.25) is 0 Å². The zero-order valence-electron chi connectivity index (χ0n) is 10.7. The van der Waals surface area contributed by atoms with E-state index in [1.807, 2.05) is 26.4 Å². The van der Waals surface area contributed by atoms with Gasteiger partial charge in [-0.15, -0.1) is 0 Å². The smallest absolute Gasteiger partial charge is 0.0768 e. The van der Waals surface area contributed by atoms with Crippen molar-refractivity contribution in [2.45, 2.75) is 39.3 Å². The molecule has 0 amide bonds. The monoisotopic (exact) mass is 225 g/mol. The highest BCUT2D eigenvalue weighted by Crippen LogP contribution is 2.18.